The summed E-state index contributed by atoms with van der Waals surface area (Å²) in [5.41, 5.74) is -0.500. The first-order valence-electron chi connectivity index (χ1n) is 10.4. The summed E-state index contributed by atoms with van der Waals surface area (Å²) in [7, 11) is 0. The normalized spacial score (nSPS) is 34.8. The van der Waals surface area contributed by atoms with Crippen molar-refractivity contribution in [2.75, 3.05) is 19.8 Å². The van der Waals surface area contributed by atoms with E-state index in [-0.39, 0.29) is 29.4 Å². The van der Waals surface area contributed by atoms with E-state index in [0.717, 1.165) is 57.8 Å². The molecule has 3 aliphatic rings. The third kappa shape index (κ3) is 3.39. The third-order valence-electron chi connectivity index (χ3n) is 7.23. The van der Waals surface area contributed by atoms with Crippen molar-refractivity contribution in [2.45, 2.75) is 78.1 Å². The lowest BCUT2D eigenvalue weighted by molar-refractivity contribution is -0.175. The molecule has 148 valence electrons. The van der Waals surface area contributed by atoms with Gasteiger partial charge in [-0.2, -0.15) is 0 Å². The fraction of sp³-hybridized carbons (Fsp3) is 0.905. The number of hydrogen-bond donors (Lipinski definition) is 1. The van der Waals surface area contributed by atoms with Crippen LogP contribution in [0.5, 0.6) is 0 Å². The number of esters is 2. The van der Waals surface area contributed by atoms with Crippen molar-refractivity contribution in [3.8, 4) is 0 Å². The highest BCUT2D eigenvalue weighted by molar-refractivity contribution is 5.79. The number of aliphatic hydroxyl groups is 1. The lowest BCUT2D eigenvalue weighted by Crippen LogP contribution is -2.51. The first-order valence-corrected chi connectivity index (χ1v) is 10.4. The van der Waals surface area contributed by atoms with Crippen LogP contribution < -0.4 is 0 Å². The van der Waals surface area contributed by atoms with Crippen molar-refractivity contribution in [1.29, 1.82) is 0 Å². The van der Waals surface area contributed by atoms with E-state index in [1.807, 2.05) is 13.8 Å². The van der Waals surface area contributed by atoms with Crippen LogP contribution in [0.4, 0.5) is 0 Å². The molecule has 0 radical (unpaired) electrons. The van der Waals surface area contributed by atoms with Gasteiger partial charge in [-0.25, -0.2) is 0 Å². The van der Waals surface area contributed by atoms with Gasteiger partial charge >= 0.3 is 11.9 Å². The topological polar surface area (TPSA) is 72.8 Å². The largest absolute Gasteiger partial charge is 0.466 e. The van der Waals surface area contributed by atoms with Crippen LogP contribution in [0.3, 0.4) is 0 Å². The van der Waals surface area contributed by atoms with E-state index in [4.69, 9.17) is 9.47 Å². The molecule has 0 amide bonds. The fourth-order valence-corrected chi connectivity index (χ4v) is 6.06. The maximum Gasteiger partial charge on any atom is 0.312 e. The van der Waals surface area contributed by atoms with Gasteiger partial charge < -0.3 is 14.6 Å². The molecule has 3 fully saturated rings. The molecule has 0 aliphatic heterocycles. The molecule has 0 aromatic rings. The van der Waals surface area contributed by atoms with Crippen LogP contribution in [-0.4, -0.2) is 36.9 Å². The summed E-state index contributed by atoms with van der Waals surface area (Å²) >= 11 is 0. The Morgan fingerprint density at radius 1 is 1.00 bits per heavy atom. The Morgan fingerprint density at radius 3 is 2.12 bits per heavy atom. The van der Waals surface area contributed by atoms with Crippen LogP contribution in [0.2, 0.25) is 0 Å². The summed E-state index contributed by atoms with van der Waals surface area (Å²) in [5, 5.41) is 9.41. The van der Waals surface area contributed by atoms with Gasteiger partial charge in [0, 0.05) is 6.61 Å². The first-order chi connectivity index (χ1) is 12.4. The minimum atomic E-state index is -0.477. The molecule has 0 aromatic heterocycles. The number of hydrogen-bond acceptors (Lipinski definition) is 5. The van der Waals surface area contributed by atoms with Gasteiger partial charge in [-0.1, -0.05) is 6.42 Å². The molecule has 0 bridgehead atoms. The van der Waals surface area contributed by atoms with Crippen molar-refractivity contribution in [2.24, 2.45) is 22.2 Å². The molecular formula is C21H34O5. The van der Waals surface area contributed by atoms with Gasteiger partial charge in [0.25, 0.3) is 0 Å². The Morgan fingerprint density at radius 2 is 1.62 bits per heavy atom. The third-order valence-corrected chi connectivity index (χ3v) is 7.23. The summed E-state index contributed by atoms with van der Waals surface area (Å²) in [6.45, 7) is 4.59. The molecule has 3 rings (SSSR count). The van der Waals surface area contributed by atoms with Crippen LogP contribution in [-0.2, 0) is 19.1 Å². The molecule has 5 heteroatoms. The molecule has 5 nitrogen and oxygen atoms in total. The molecule has 0 saturated heterocycles. The van der Waals surface area contributed by atoms with Crippen molar-refractivity contribution in [1.82, 2.24) is 0 Å². The SMILES string of the molecule is CCOC(=O)C1(CC2CCC3(C2)CC(CCO)(C(=O)OCC)C3)CCC1. The minimum absolute atomic E-state index is 0.00182. The standard InChI is InChI=1S/C21H34O5/c1-3-25-17(23)20(7-5-8-20)13-16-6-9-19(12-16)14-21(15-19,10-11-22)18(24)26-4-2/h16,22H,3-15H2,1-2H3. The van der Waals surface area contributed by atoms with Gasteiger partial charge in [0.1, 0.15) is 0 Å². The van der Waals surface area contributed by atoms with Crippen LogP contribution in [0, 0.1) is 22.2 Å². The van der Waals surface area contributed by atoms with Gasteiger partial charge in [0.2, 0.25) is 0 Å². The van der Waals surface area contributed by atoms with Crippen molar-refractivity contribution < 1.29 is 24.2 Å². The molecule has 1 spiro atoms. The molecule has 3 aliphatic carbocycles. The summed E-state index contributed by atoms with van der Waals surface area (Å²) in [4.78, 5) is 24.8. The number of ether oxygens (including phenoxy) is 2. The summed E-state index contributed by atoms with van der Waals surface area (Å²) < 4.78 is 10.6. The van der Waals surface area contributed by atoms with E-state index in [9.17, 15) is 14.7 Å². The monoisotopic (exact) mass is 366 g/mol. The summed E-state index contributed by atoms with van der Waals surface area (Å²) in [5.74, 6) is 0.418. The van der Waals surface area contributed by atoms with Crippen molar-refractivity contribution in [3.63, 3.8) is 0 Å². The van der Waals surface area contributed by atoms with Gasteiger partial charge in [0.05, 0.1) is 24.0 Å². The second kappa shape index (κ2) is 7.49. The zero-order valence-electron chi connectivity index (χ0n) is 16.3. The molecule has 1 unspecified atom stereocenters. The minimum Gasteiger partial charge on any atom is -0.466 e. The van der Waals surface area contributed by atoms with Crippen molar-refractivity contribution in [3.05, 3.63) is 0 Å². The zero-order chi connectivity index (χ0) is 18.8. The zero-order valence-corrected chi connectivity index (χ0v) is 16.3. The van der Waals surface area contributed by atoms with Crippen LogP contribution >= 0.6 is 0 Å². The van der Waals surface area contributed by atoms with Gasteiger partial charge in [-0.15, -0.1) is 0 Å². The van der Waals surface area contributed by atoms with E-state index in [2.05, 4.69) is 0 Å². The van der Waals surface area contributed by atoms with Crippen LogP contribution in [0.25, 0.3) is 0 Å². The molecule has 3 saturated carbocycles. The second-order valence-corrected chi connectivity index (χ2v) is 9.00. The molecule has 26 heavy (non-hydrogen) atoms. The van der Waals surface area contributed by atoms with E-state index < -0.39 is 5.41 Å². The van der Waals surface area contributed by atoms with E-state index in [1.54, 1.807) is 0 Å². The van der Waals surface area contributed by atoms with E-state index in [1.165, 1.54) is 0 Å². The molecular weight excluding hydrogens is 332 g/mol. The summed E-state index contributed by atoms with van der Waals surface area (Å²) in [6.07, 6.45) is 9.54. The predicted octanol–water partition coefficient (Wildman–Crippen LogP) is 3.62. The molecule has 0 aromatic carbocycles. The Labute approximate surface area is 156 Å². The maximum atomic E-state index is 12.4. The Hall–Kier alpha value is -1.10. The number of rotatable bonds is 8. The Balaban J connectivity index is 1.59. The smallest absolute Gasteiger partial charge is 0.312 e. The molecule has 0 heterocycles. The quantitative estimate of drug-likeness (QED) is 0.664. The summed E-state index contributed by atoms with van der Waals surface area (Å²) in [6, 6.07) is 0. The molecule has 1 N–H and O–H groups in total. The highest BCUT2D eigenvalue weighted by Crippen LogP contribution is 2.66. The number of carbonyl (C=O) groups is 2. The number of carbonyl (C=O) groups excluding carboxylic acids is 2. The van der Waals surface area contributed by atoms with Crippen LogP contribution in [0.1, 0.15) is 78.1 Å². The fourth-order valence-electron chi connectivity index (χ4n) is 6.06. The Kier molecular flexibility index (Phi) is 5.66. The Bertz CT molecular complexity index is 531. The first kappa shape index (κ1) is 19.7. The van der Waals surface area contributed by atoms with Gasteiger partial charge in [-0.05, 0) is 83.0 Å². The second-order valence-electron chi connectivity index (χ2n) is 9.00. The predicted molar refractivity (Wildman–Crippen MR) is 97.3 cm³/mol. The van der Waals surface area contributed by atoms with E-state index in [0.29, 0.717) is 25.6 Å². The highest BCUT2D eigenvalue weighted by atomic mass is 16.5. The average molecular weight is 366 g/mol. The maximum absolute atomic E-state index is 12.4. The van der Waals surface area contributed by atoms with Gasteiger partial charge in [-0.3, -0.25) is 9.59 Å². The lowest BCUT2D eigenvalue weighted by Gasteiger charge is -2.53. The lowest BCUT2D eigenvalue weighted by atomic mass is 9.50. The average Bonchev–Trinajstić information content (AvgIpc) is 2.94. The number of aliphatic hydroxyl groups excluding tert-OH is 1. The van der Waals surface area contributed by atoms with Crippen molar-refractivity contribution >= 4 is 11.9 Å². The highest BCUT2D eigenvalue weighted by Gasteiger charge is 2.61. The van der Waals surface area contributed by atoms with Gasteiger partial charge in [0.15, 0.2) is 0 Å². The van der Waals surface area contributed by atoms with E-state index >= 15 is 0 Å². The molecule has 1 atom stereocenters. The van der Waals surface area contributed by atoms with Crippen LogP contribution in [0.15, 0.2) is 0 Å².